The van der Waals surface area contributed by atoms with Gasteiger partial charge in [0.2, 0.25) is 0 Å². The minimum Gasteiger partial charge on any atom is -0.493 e. The molecule has 1 aliphatic rings. The van der Waals surface area contributed by atoms with Gasteiger partial charge in [-0.25, -0.2) is 4.79 Å². The second-order valence-electron chi connectivity index (χ2n) is 6.70. The number of hydrogen-bond donors (Lipinski definition) is 1. The lowest BCUT2D eigenvalue weighted by Gasteiger charge is -2.29. The highest BCUT2D eigenvalue weighted by molar-refractivity contribution is 9.10. The van der Waals surface area contributed by atoms with Gasteiger partial charge in [-0.1, -0.05) is 0 Å². The molecule has 2 aromatic rings. The smallest absolute Gasteiger partial charge is 0.340 e. The zero-order valence-electron chi connectivity index (χ0n) is 17.7. The molecule has 1 heterocycles. The van der Waals surface area contributed by atoms with Crippen molar-refractivity contribution in [3.05, 3.63) is 45.9 Å². The maximum absolute atomic E-state index is 12.9. The third-order valence-corrected chi connectivity index (χ3v) is 5.40. The van der Waals surface area contributed by atoms with Gasteiger partial charge in [-0.05, 0) is 53.2 Å². The van der Waals surface area contributed by atoms with Crippen LogP contribution in [0, 0.1) is 0 Å². The second-order valence-corrected chi connectivity index (χ2v) is 7.55. The van der Waals surface area contributed by atoms with Crippen molar-refractivity contribution in [1.29, 1.82) is 0 Å². The van der Waals surface area contributed by atoms with Crippen molar-refractivity contribution in [3.8, 4) is 11.5 Å². The minimum atomic E-state index is -0.532. The van der Waals surface area contributed by atoms with E-state index < -0.39 is 11.9 Å². The number of ether oxygens (including phenoxy) is 4. The fourth-order valence-corrected chi connectivity index (χ4v) is 3.82. The van der Waals surface area contributed by atoms with E-state index in [2.05, 4.69) is 26.1 Å². The predicted molar refractivity (Wildman–Crippen MR) is 121 cm³/mol. The summed E-state index contributed by atoms with van der Waals surface area (Å²) in [7, 11) is 2.81. The molecule has 0 aliphatic carbocycles. The summed E-state index contributed by atoms with van der Waals surface area (Å²) >= 11 is 3.42. The molecule has 0 atom stereocenters. The van der Waals surface area contributed by atoms with Gasteiger partial charge >= 0.3 is 5.97 Å². The van der Waals surface area contributed by atoms with E-state index >= 15 is 0 Å². The largest absolute Gasteiger partial charge is 0.493 e. The molecule has 166 valence electrons. The molecule has 31 heavy (non-hydrogen) atoms. The summed E-state index contributed by atoms with van der Waals surface area (Å²) in [5, 5.41) is 2.80. The van der Waals surface area contributed by atoms with E-state index in [1.54, 1.807) is 24.3 Å². The number of amides is 1. The maximum Gasteiger partial charge on any atom is 0.340 e. The minimum absolute atomic E-state index is 0.275. The van der Waals surface area contributed by atoms with Gasteiger partial charge in [0.15, 0.2) is 11.5 Å². The first-order valence-electron chi connectivity index (χ1n) is 9.85. The number of hydrogen-bond acceptors (Lipinski definition) is 7. The Hall–Kier alpha value is -2.78. The molecule has 0 unspecified atom stereocenters. The summed E-state index contributed by atoms with van der Waals surface area (Å²) < 4.78 is 21.8. The standard InChI is InChI=1S/C22H25BrN2O6/c1-4-31-20-17(23)11-14(12-19(20)28-2)21(26)24-18-6-5-15(13-16(18)22(27)29-3)25-7-9-30-10-8-25/h5-6,11-13H,4,7-10H2,1-3H3,(H,24,26). The summed E-state index contributed by atoms with van der Waals surface area (Å²) in [5.41, 5.74) is 1.85. The van der Waals surface area contributed by atoms with Crippen molar-refractivity contribution < 1.29 is 28.5 Å². The van der Waals surface area contributed by atoms with E-state index in [9.17, 15) is 9.59 Å². The third kappa shape index (κ3) is 5.29. The summed E-state index contributed by atoms with van der Waals surface area (Å²) in [5.74, 6) is 0.0195. The Morgan fingerprint density at radius 3 is 2.55 bits per heavy atom. The number of methoxy groups -OCH3 is 2. The van der Waals surface area contributed by atoms with Gasteiger partial charge in [0.05, 0.1) is 49.8 Å². The molecule has 8 nitrogen and oxygen atoms in total. The van der Waals surface area contributed by atoms with Crippen LogP contribution in [-0.2, 0) is 9.47 Å². The van der Waals surface area contributed by atoms with Crippen LogP contribution in [0.15, 0.2) is 34.8 Å². The van der Waals surface area contributed by atoms with Gasteiger partial charge in [-0.15, -0.1) is 0 Å². The molecule has 1 saturated heterocycles. The maximum atomic E-state index is 12.9. The summed E-state index contributed by atoms with van der Waals surface area (Å²) in [6, 6.07) is 8.52. The van der Waals surface area contributed by atoms with Crippen molar-refractivity contribution in [2.24, 2.45) is 0 Å². The Kier molecular flexibility index (Phi) is 7.75. The molecule has 9 heteroatoms. The molecular formula is C22H25BrN2O6. The molecular weight excluding hydrogens is 468 g/mol. The van der Waals surface area contributed by atoms with Crippen molar-refractivity contribution >= 4 is 39.2 Å². The van der Waals surface area contributed by atoms with Crippen molar-refractivity contribution in [3.63, 3.8) is 0 Å². The first kappa shape index (κ1) is 22.9. The van der Waals surface area contributed by atoms with Crippen LogP contribution in [0.2, 0.25) is 0 Å². The second kappa shape index (κ2) is 10.5. The van der Waals surface area contributed by atoms with Crippen LogP contribution >= 0.6 is 15.9 Å². The number of halogens is 1. The van der Waals surface area contributed by atoms with Crippen molar-refractivity contribution in [2.45, 2.75) is 6.92 Å². The summed E-state index contributed by atoms with van der Waals surface area (Å²) in [4.78, 5) is 27.5. The Balaban J connectivity index is 1.89. The first-order valence-corrected chi connectivity index (χ1v) is 10.6. The predicted octanol–water partition coefficient (Wildman–Crippen LogP) is 3.73. The first-order chi connectivity index (χ1) is 15.0. The van der Waals surface area contributed by atoms with E-state index in [0.29, 0.717) is 47.0 Å². The molecule has 0 spiro atoms. The Bertz CT molecular complexity index is 959. The van der Waals surface area contributed by atoms with E-state index in [0.717, 1.165) is 18.8 Å². The molecule has 1 aliphatic heterocycles. The summed E-state index contributed by atoms with van der Waals surface area (Å²) in [6.45, 7) is 5.03. The topological polar surface area (TPSA) is 86.3 Å². The molecule has 0 radical (unpaired) electrons. The van der Waals surface area contributed by atoms with Crippen molar-refractivity contribution in [2.75, 3.05) is 57.3 Å². The molecule has 1 N–H and O–H groups in total. The molecule has 0 aromatic heterocycles. The SMILES string of the molecule is CCOc1c(Br)cc(C(=O)Nc2ccc(N3CCOCC3)cc2C(=O)OC)cc1OC. The van der Waals surface area contributed by atoms with E-state index in [1.807, 2.05) is 13.0 Å². The van der Waals surface area contributed by atoms with Gasteiger partial charge in [-0.2, -0.15) is 0 Å². The van der Waals surface area contributed by atoms with Crippen LogP contribution < -0.4 is 19.7 Å². The van der Waals surface area contributed by atoms with Crippen LogP contribution in [0.3, 0.4) is 0 Å². The molecule has 0 bridgehead atoms. The van der Waals surface area contributed by atoms with E-state index in [1.165, 1.54) is 14.2 Å². The lowest BCUT2D eigenvalue weighted by Crippen LogP contribution is -2.36. The number of nitrogens with zero attached hydrogens (tertiary/aromatic N) is 1. The normalized spacial score (nSPS) is 13.5. The number of carbonyl (C=O) groups excluding carboxylic acids is 2. The number of benzene rings is 2. The van der Waals surface area contributed by atoms with E-state index in [4.69, 9.17) is 18.9 Å². The average molecular weight is 493 g/mol. The zero-order chi connectivity index (χ0) is 22.4. The van der Waals surface area contributed by atoms with E-state index in [-0.39, 0.29) is 5.56 Å². The number of anilines is 2. The molecule has 1 amide bonds. The molecule has 0 saturated carbocycles. The van der Waals surface area contributed by atoms with Crippen LogP contribution in [0.25, 0.3) is 0 Å². The number of rotatable bonds is 7. The third-order valence-electron chi connectivity index (χ3n) is 4.81. The number of nitrogens with one attached hydrogen (secondary N) is 1. The quantitative estimate of drug-likeness (QED) is 0.589. The van der Waals surface area contributed by atoms with Crippen LogP contribution in [-0.4, -0.2) is 59.0 Å². The number of carbonyl (C=O) groups is 2. The fourth-order valence-electron chi connectivity index (χ4n) is 3.27. The highest BCUT2D eigenvalue weighted by atomic mass is 79.9. The average Bonchev–Trinajstić information content (AvgIpc) is 2.80. The highest BCUT2D eigenvalue weighted by Gasteiger charge is 2.20. The van der Waals surface area contributed by atoms with Crippen LogP contribution in [0.5, 0.6) is 11.5 Å². The van der Waals surface area contributed by atoms with Gasteiger partial charge in [0, 0.05) is 24.3 Å². The van der Waals surface area contributed by atoms with Gasteiger partial charge < -0.3 is 29.2 Å². The lowest BCUT2D eigenvalue weighted by atomic mass is 10.1. The Morgan fingerprint density at radius 2 is 1.90 bits per heavy atom. The van der Waals surface area contributed by atoms with Crippen LogP contribution in [0.1, 0.15) is 27.6 Å². The monoisotopic (exact) mass is 492 g/mol. The van der Waals surface area contributed by atoms with Crippen LogP contribution in [0.4, 0.5) is 11.4 Å². The van der Waals surface area contributed by atoms with Gasteiger partial charge in [-0.3, -0.25) is 4.79 Å². The van der Waals surface area contributed by atoms with Gasteiger partial charge in [0.25, 0.3) is 5.91 Å². The highest BCUT2D eigenvalue weighted by Crippen LogP contribution is 2.37. The number of morpholine rings is 1. The lowest BCUT2D eigenvalue weighted by molar-refractivity contribution is 0.0602. The zero-order valence-corrected chi connectivity index (χ0v) is 19.3. The fraction of sp³-hybridized carbons (Fsp3) is 0.364. The summed E-state index contributed by atoms with van der Waals surface area (Å²) in [6.07, 6.45) is 0. The Labute approximate surface area is 189 Å². The van der Waals surface area contributed by atoms with Crippen molar-refractivity contribution in [1.82, 2.24) is 0 Å². The molecule has 2 aromatic carbocycles. The molecule has 3 rings (SSSR count). The molecule has 1 fully saturated rings. The van der Waals surface area contributed by atoms with Gasteiger partial charge in [0.1, 0.15) is 0 Å². The number of esters is 1. The Morgan fingerprint density at radius 1 is 1.16 bits per heavy atom.